The van der Waals surface area contributed by atoms with Gasteiger partial charge < -0.3 is 10.1 Å². The molecule has 1 aliphatic rings. The van der Waals surface area contributed by atoms with E-state index in [-0.39, 0.29) is 16.4 Å². The quantitative estimate of drug-likeness (QED) is 0.678. The van der Waals surface area contributed by atoms with Crippen LogP contribution in [-0.4, -0.2) is 24.7 Å². The van der Waals surface area contributed by atoms with Crippen molar-refractivity contribution in [2.75, 3.05) is 13.1 Å². The van der Waals surface area contributed by atoms with Crippen LogP contribution in [0.15, 0.2) is 30.3 Å². The summed E-state index contributed by atoms with van der Waals surface area (Å²) in [5, 5.41) is 2.23. The van der Waals surface area contributed by atoms with Gasteiger partial charge in [-0.2, -0.15) is 0 Å². The SMILES string of the molecule is CC(C)(OC(=O)C(Br)c1ccccc1)C1C[NH2+]C1. The van der Waals surface area contributed by atoms with Crippen LogP contribution in [0.5, 0.6) is 0 Å². The van der Waals surface area contributed by atoms with E-state index in [2.05, 4.69) is 21.2 Å². The van der Waals surface area contributed by atoms with Crippen LogP contribution in [0.25, 0.3) is 0 Å². The lowest BCUT2D eigenvalue weighted by molar-refractivity contribution is -0.728. The summed E-state index contributed by atoms with van der Waals surface area (Å²) in [4.78, 5) is 11.7. The van der Waals surface area contributed by atoms with Gasteiger partial charge in [0.25, 0.3) is 0 Å². The highest BCUT2D eigenvalue weighted by atomic mass is 79.9. The maximum absolute atomic E-state index is 12.1. The second kappa shape index (κ2) is 5.41. The van der Waals surface area contributed by atoms with Crippen LogP contribution in [0.3, 0.4) is 0 Å². The highest BCUT2D eigenvalue weighted by Crippen LogP contribution is 2.29. The lowest BCUT2D eigenvalue weighted by atomic mass is 9.86. The molecule has 1 aliphatic heterocycles. The van der Waals surface area contributed by atoms with Crippen molar-refractivity contribution in [2.45, 2.75) is 24.3 Å². The fourth-order valence-corrected chi connectivity index (χ4v) is 2.45. The predicted octanol–water partition coefficient (Wildman–Crippen LogP) is 1.64. The third-order valence-electron chi connectivity index (χ3n) is 3.55. The Morgan fingerprint density at radius 2 is 2.00 bits per heavy atom. The first-order valence-electron chi connectivity index (χ1n) is 6.24. The Balaban J connectivity index is 1.99. The summed E-state index contributed by atoms with van der Waals surface area (Å²) in [5.41, 5.74) is 0.547. The number of esters is 1. The molecular weight excluding hydrogens is 294 g/mol. The van der Waals surface area contributed by atoms with Crippen LogP contribution >= 0.6 is 15.9 Å². The van der Waals surface area contributed by atoms with Gasteiger partial charge in [0.15, 0.2) is 0 Å². The number of carbonyl (C=O) groups excluding carboxylic acids is 1. The molecule has 0 bridgehead atoms. The molecule has 1 unspecified atom stereocenters. The first-order valence-corrected chi connectivity index (χ1v) is 7.16. The molecule has 3 nitrogen and oxygen atoms in total. The Morgan fingerprint density at radius 1 is 1.39 bits per heavy atom. The van der Waals surface area contributed by atoms with E-state index in [1.807, 2.05) is 44.2 Å². The number of carbonyl (C=O) groups is 1. The van der Waals surface area contributed by atoms with Crippen LogP contribution in [0.4, 0.5) is 0 Å². The third kappa shape index (κ3) is 2.93. The van der Waals surface area contributed by atoms with Gasteiger partial charge in [-0.15, -0.1) is 0 Å². The van der Waals surface area contributed by atoms with Crippen molar-refractivity contribution in [1.82, 2.24) is 0 Å². The summed E-state index contributed by atoms with van der Waals surface area (Å²) < 4.78 is 5.65. The molecule has 4 heteroatoms. The van der Waals surface area contributed by atoms with E-state index in [1.54, 1.807) is 0 Å². The Kier molecular flexibility index (Phi) is 4.07. The minimum Gasteiger partial charge on any atom is -0.458 e. The second-order valence-electron chi connectivity index (χ2n) is 5.25. The Labute approximate surface area is 116 Å². The molecule has 0 amide bonds. The van der Waals surface area contributed by atoms with E-state index >= 15 is 0 Å². The van der Waals surface area contributed by atoms with E-state index in [9.17, 15) is 4.79 Å². The van der Waals surface area contributed by atoms with Gasteiger partial charge in [0.1, 0.15) is 10.4 Å². The lowest BCUT2D eigenvalue weighted by Crippen LogP contribution is -2.98. The number of benzene rings is 1. The minimum atomic E-state index is -0.387. The minimum absolute atomic E-state index is 0.210. The first kappa shape index (κ1) is 13.6. The lowest BCUT2D eigenvalue weighted by Gasteiger charge is -2.37. The van der Waals surface area contributed by atoms with Crippen LogP contribution in [-0.2, 0) is 9.53 Å². The summed E-state index contributed by atoms with van der Waals surface area (Å²) in [5.74, 6) is 0.245. The number of halogens is 1. The Hall–Kier alpha value is -0.870. The Morgan fingerprint density at radius 3 is 2.50 bits per heavy atom. The molecule has 1 atom stereocenters. The number of hydrogen-bond donors (Lipinski definition) is 1. The highest BCUT2D eigenvalue weighted by molar-refractivity contribution is 9.09. The van der Waals surface area contributed by atoms with Crippen molar-refractivity contribution in [3.05, 3.63) is 35.9 Å². The highest BCUT2D eigenvalue weighted by Gasteiger charge is 2.41. The maximum atomic E-state index is 12.1. The molecular formula is C14H19BrNO2+. The van der Waals surface area contributed by atoms with Crippen molar-refractivity contribution in [2.24, 2.45) is 5.92 Å². The summed E-state index contributed by atoms with van der Waals surface area (Å²) in [7, 11) is 0. The van der Waals surface area contributed by atoms with E-state index in [0.717, 1.165) is 18.7 Å². The van der Waals surface area contributed by atoms with Gasteiger partial charge in [-0.05, 0) is 19.4 Å². The molecule has 0 aromatic heterocycles. The molecule has 98 valence electrons. The number of alkyl halides is 1. The third-order valence-corrected chi connectivity index (χ3v) is 4.45. The molecule has 1 fully saturated rings. The number of ether oxygens (including phenoxy) is 1. The van der Waals surface area contributed by atoms with Gasteiger partial charge in [-0.1, -0.05) is 46.3 Å². The van der Waals surface area contributed by atoms with E-state index in [1.165, 1.54) is 0 Å². The van der Waals surface area contributed by atoms with Gasteiger partial charge in [0.05, 0.1) is 19.0 Å². The zero-order valence-electron chi connectivity index (χ0n) is 10.7. The molecule has 1 saturated heterocycles. The molecule has 2 N–H and O–H groups in total. The molecule has 2 rings (SSSR count). The maximum Gasteiger partial charge on any atom is 0.324 e. The smallest absolute Gasteiger partial charge is 0.324 e. The number of quaternary nitrogens is 1. The molecule has 1 aromatic carbocycles. The van der Waals surface area contributed by atoms with E-state index < -0.39 is 0 Å². The van der Waals surface area contributed by atoms with Gasteiger partial charge >= 0.3 is 5.97 Å². The van der Waals surface area contributed by atoms with Crippen LogP contribution in [0, 0.1) is 5.92 Å². The average molecular weight is 313 g/mol. The second-order valence-corrected chi connectivity index (χ2v) is 6.17. The van der Waals surface area contributed by atoms with Gasteiger partial charge in [-0.3, -0.25) is 4.79 Å². The summed E-state index contributed by atoms with van der Waals surface area (Å²) in [6, 6.07) is 9.62. The first-order chi connectivity index (χ1) is 8.50. The standard InChI is InChI=1S/C14H18BrNO2/c1-14(2,11-8-16-9-11)18-13(17)12(15)10-6-4-3-5-7-10/h3-7,11-12,16H,8-9H2,1-2H3/p+1. The fraction of sp³-hybridized carbons (Fsp3) is 0.500. The van der Waals surface area contributed by atoms with Gasteiger partial charge in [0, 0.05) is 0 Å². The van der Waals surface area contributed by atoms with E-state index in [0.29, 0.717) is 5.92 Å². The predicted molar refractivity (Wildman–Crippen MR) is 73.4 cm³/mol. The zero-order valence-corrected chi connectivity index (χ0v) is 12.3. The molecule has 0 spiro atoms. The normalized spacial score (nSPS) is 17.9. The monoisotopic (exact) mass is 312 g/mol. The number of hydrogen-bond acceptors (Lipinski definition) is 2. The van der Waals surface area contributed by atoms with Crippen LogP contribution < -0.4 is 5.32 Å². The Bertz CT molecular complexity index is 415. The molecule has 0 aliphatic carbocycles. The summed E-state index contributed by atoms with van der Waals surface area (Å²) >= 11 is 3.41. The molecule has 0 saturated carbocycles. The van der Waals surface area contributed by atoms with Crippen molar-refractivity contribution in [3.63, 3.8) is 0 Å². The van der Waals surface area contributed by atoms with Crippen molar-refractivity contribution < 1.29 is 14.8 Å². The average Bonchev–Trinajstić information content (AvgIpc) is 2.25. The molecule has 0 radical (unpaired) electrons. The van der Waals surface area contributed by atoms with Crippen LogP contribution in [0.2, 0.25) is 0 Å². The largest absolute Gasteiger partial charge is 0.458 e. The zero-order chi connectivity index (χ0) is 13.2. The topological polar surface area (TPSA) is 42.9 Å². The summed E-state index contributed by atoms with van der Waals surface area (Å²) in [6.45, 7) is 6.07. The molecule has 18 heavy (non-hydrogen) atoms. The van der Waals surface area contributed by atoms with Crippen molar-refractivity contribution in [3.8, 4) is 0 Å². The van der Waals surface area contributed by atoms with Gasteiger partial charge in [-0.25, -0.2) is 0 Å². The molecule has 1 heterocycles. The summed E-state index contributed by atoms with van der Waals surface area (Å²) in [6.07, 6.45) is 0. The van der Waals surface area contributed by atoms with Crippen LogP contribution in [0.1, 0.15) is 24.2 Å². The van der Waals surface area contributed by atoms with Gasteiger partial charge in [0.2, 0.25) is 0 Å². The van der Waals surface area contributed by atoms with E-state index in [4.69, 9.17) is 4.74 Å². The fourth-order valence-electron chi connectivity index (χ4n) is 2.05. The van der Waals surface area contributed by atoms with Crippen molar-refractivity contribution >= 4 is 21.9 Å². The van der Waals surface area contributed by atoms with Crippen molar-refractivity contribution in [1.29, 1.82) is 0 Å². The number of nitrogens with two attached hydrogens (primary N) is 1. The molecule has 1 aromatic rings. The number of rotatable bonds is 4.